The first-order chi connectivity index (χ1) is 9.69. The zero-order valence-corrected chi connectivity index (χ0v) is 15.7. The molecule has 2 unspecified atom stereocenters. The first-order valence-electron chi connectivity index (χ1n) is 7.62. The third-order valence-corrected chi connectivity index (χ3v) is 3.79. The van der Waals surface area contributed by atoms with Gasteiger partial charge in [-0.15, -0.1) is 24.0 Å². The van der Waals surface area contributed by atoms with Gasteiger partial charge in [0.05, 0.1) is 0 Å². The van der Waals surface area contributed by atoms with Gasteiger partial charge in [-0.2, -0.15) is 5.10 Å². The molecule has 6 heteroatoms. The van der Waals surface area contributed by atoms with Crippen molar-refractivity contribution in [1.82, 2.24) is 20.0 Å². The fraction of sp³-hybridized carbons (Fsp3) is 0.733. The lowest BCUT2D eigenvalue weighted by Crippen LogP contribution is -2.48. The van der Waals surface area contributed by atoms with E-state index in [1.807, 2.05) is 30.2 Å². The number of hydrogen-bond donors (Lipinski definition) is 1. The minimum absolute atomic E-state index is 0. The number of guanidine groups is 1. The maximum atomic E-state index is 4.42. The van der Waals surface area contributed by atoms with Crippen LogP contribution in [0, 0.1) is 11.8 Å². The standard InChI is InChI=1S/C15H27N5.HI/c1-13-10-14(2)12-19(11-13)15(16-3)17-6-4-8-20-9-5-7-18-20;/h5,7,9,13-14H,4,6,8,10-12H2,1-3H3,(H,16,17);1H. The van der Waals surface area contributed by atoms with Gasteiger partial charge in [0, 0.05) is 45.6 Å². The summed E-state index contributed by atoms with van der Waals surface area (Å²) in [5.74, 6) is 2.55. The van der Waals surface area contributed by atoms with Crippen LogP contribution in [0.3, 0.4) is 0 Å². The quantitative estimate of drug-likeness (QED) is 0.362. The van der Waals surface area contributed by atoms with Crippen LogP contribution in [0.15, 0.2) is 23.5 Å². The first-order valence-corrected chi connectivity index (χ1v) is 7.62. The van der Waals surface area contributed by atoms with Crippen molar-refractivity contribution in [2.24, 2.45) is 16.8 Å². The molecular weight excluding hydrogens is 377 g/mol. The molecule has 0 spiro atoms. The van der Waals surface area contributed by atoms with Crippen molar-refractivity contribution in [3.63, 3.8) is 0 Å². The Morgan fingerprint density at radius 1 is 1.33 bits per heavy atom. The lowest BCUT2D eigenvalue weighted by molar-refractivity contribution is 0.208. The second-order valence-corrected chi connectivity index (χ2v) is 5.95. The zero-order chi connectivity index (χ0) is 14.4. The van der Waals surface area contributed by atoms with Gasteiger partial charge >= 0.3 is 0 Å². The second-order valence-electron chi connectivity index (χ2n) is 5.95. The van der Waals surface area contributed by atoms with E-state index in [1.165, 1.54) is 6.42 Å². The highest BCUT2D eigenvalue weighted by Crippen LogP contribution is 2.20. The molecule has 0 aliphatic carbocycles. The monoisotopic (exact) mass is 405 g/mol. The van der Waals surface area contributed by atoms with Crippen LogP contribution >= 0.6 is 24.0 Å². The summed E-state index contributed by atoms with van der Waals surface area (Å²) in [6, 6.07) is 1.96. The largest absolute Gasteiger partial charge is 0.356 e. The average molecular weight is 405 g/mol. The zero-order valence-electron chi connectivity index (χ0n) is 13.3. The fourth-order valence-corrected chi connectivity index (χ4v) is 3.04. The first kappa shape index (κ1) is 18.3. The minimum Gasteiger partial charge on any atom is -0.356 e. The van der Waals surface area contributed by atoms with E-state index in [-0.39, 0.29) is 24.0 Å². The Morgan fingerprint density at radius 3 is 2.62 bits per heavy atom. The Kier molecular flexibility index (Phi) is 8.06. The number of piperidine rings is 1. The Balaban J connectivity index is 0.00000220. The number of aliphatic imine (C=N–C) groups is 1. The van der Waals surface area contributed by atoms with E-state index in [0.29, 0.717) is 0 Å². The van der Waals surface area contributed by atoms with Gasteiger partial charge in [-0.3, -0.25) is 9.67 Å². The van der Waals surface area contributed by atoms with Crippen LogP contribution in [0.1, 0.15) is 26.7 Å². The van der Waals surface area contributed by atoms with Crippen molar-refractivity contribution in [3.8, 4) is 0 Å². The van der Waals surface area contributed by atoms with Gasteiger partial charge < -0.3 is 10.2 Å². The maximum absolute atomic E-state index is 4.42. The van der Waals surface area contributed by atoms with Crippen LogP contribution in [0.25, 0.3) is 0 Å². The molecule has 2 atom stereocenters. The van der Waals surface area contributed by atoms with Gasteiger partial charge in [0.25, 0.3) is 0 Å². The number of nitrogens with zero attached hydrogens (tertiary/aromatic N) is 4. The average Bonchev–Trinajstić information content (AvgIpc) is 2.90. The molecule has 0 radical (unpaired) electrons. The highest BCUT2D eigenvalue weighted by atomic mass is 127. The van der Waals surface area contributed by atoms with Crippen LogP contribution < -0.4 is 5.32 Å². The second kappa shape index (κ2) is 9.27. The van der Waals surface area contributed by atoms with E-state index in [4.69, 9.17) is 0 Å². The Labute approximate surface area is 145 Å². The molecule has 120 valence electrons. The molecule has 21 heavy (non-hydrogen) atoms. The van der Waals surface area contributed by atoms with E-state index in [0.717, 1.165) is 50.4 Å². The van der Waals surface area contributed by atoms with Crippen LogP contribution in [-0.2, 0) is 6.54 Å². The smallest absolute Gasteiger partial charge is 0.193 e. The molecule has 0 saturated carbocycles. The number of likely N-dealkylation sites (tertiary alicyclic amines) is 1. The van der Waals surface area contributed by atoms with Gasteiger partial charge in [-0.1, -0.05) is 13.8 Å². The number of rotatable bonds is 4. The Bertz CT molecular complexity index is 408. The summed E-state index contributed by atoms with van der Waals surface area (Å²) >= 11 is 0. The molecule has 1 aromatic heterocycles. The highest BCUT2D eigenvalue weighted by Gasteiger charge is 2.23. The predicted octanol–water partition coefficient (Wildman–Crippen LogP) is 2.44. The summed E-state index contributed by atoms with van der Waals surface area (Å²) < 4.78 is 1.97. The topological polar surface area (TPSA) is 45.5 Å². The molecule has 0 amide bonds. The number of aromatic nitrogens is 2. The molecule has 0 aromatic carbocycles. The molecule has 5 nitrogen and oxygen atoms in total. The third kappa shape index (κ3) is 5.84. The van der Waals surface area contributed by atoms with E-state index in [2.05, 4.69) is 34.2 Å². The van der Waals surface area contributed by atoms with Crippen LogP contribution in [-0.4, -0.2) is 47.3 Å². The number of aryl methyl sites for hydroxylation is 1. The van der Waals surface area contributed by atoms with Crippen molar-refractivity contribution in [1.29, 1.82) is 0 Å². The van der Waals surface area contributed by atoms with E-state index >= 15 is 0 Å². The van der Waals surface area contributed by atoms with Crippen molar-refractivity contribution in [2.75, 3.05) is 26.7 Å². The molecule has 1 saturated heterocycles. The van der Waals surface area contributed by atoms with Crippen molar-refractivity contribution in [3.05, 3.63) is 18.5 Å². The highest BCUT2D eigenvalue weighted by molar-refractivity contribution is 14.0. The lowest BCUT2D eigenvalue weighted by atomic mass is 9.92. The summed E-state index contributed by atoms with van der Waals surface area (Å²) in [6.07, 6.45) is 6.21. The Morgan fingerprint density at radius 2 is 2.05 bits per heavy atom. The molecule has 2 heterocycles. The van der Waals surface area contributed by atoms with Crippen LogP contribution in [0.5, 0.6) is 0 Å². The molecule has 2 rings (SSSR count). The molecular formula is C15H28IN5. The van der Waals surface area contributed by atoms with Crippen LogP contribution in [0.4, 0.5) is 0 Å². The number of halogens is 1. The van der Waals surface area contributed by atoms with Crippen molar-refractivity contribution in [2.45, 2.75) is 33.2 Å². The lowest BCUT2D eigenvalue weighted by Gasteiger charge is -2.37. The van der Waals surface area contributed by atoms with E-state index in [1.54, 1.807) is 0 Å². The molecule has 1 aliphatic rings. The summed E-state index contributed by atoms with van der Waals surface area (Å²) in [4.78, 5) is 6.82. The van der Waals surface area contributed by atoms with Gasteiger partial charge in [-0.05, 0) is 30.7 Å². The maximum Gasteiger partial charge on any atom is 0.193 e. The fourth-order valence-electron chi connectivity index (χ4n) is 3.04. The molecule has 1 fully saturated rings. The summed E-state index contributed by atoms with van der Waals surface area (Å²) in [7, 11) is 1.87. The summed E-state index contributed by atoms with van der Waals surface area (Å²) in [6.45, 7) is 8.77. The molecule has 1 N–H and O–H groups in total. The van der Waals surface area contributed by atoms with Crippen LogP contribution in [0.2, 0.25) is 0 Å². The van der Waals surface area contributed by atoms with E-state index < -0.39 is 0 Å². The normalized spacial score (nSPS) is 22.8. The number of hydrogen-bond acceptors (Lipinski definition) is 2. The summed E-state index contributed by atoms with van der Waals surface area (Å²) in [5.41, 5.74) is 0. The minimum atomic E-state index is 0. The number of nitrogens with one attached hydrogen (secondary N) is 1. The third-order valence-electron chi connectivity index (χ3n) is 3.79. The van der Waals surface area contributed by atoms with E-state index in [9.17, 15) is 0 Å². The van der Waals surface area contributed by atoms with Gasteiger partial charge in [0.2, 0.25) is 0 Å². The van der Waals surface area contributed by atoms with Crippen molar-refractivity contribution >= 4 is 29.9 Å². The van der Waals surface area contributed by atoms with Crippen molar-refractivity contribution < 1.29 is 0 Å². The molecule has 1 aliphatic heterocycles. The summed E-state index contributed by atoms with van der Waals surface area (Å²) in [5, 5.41) is 7.69. The predicted molar refractivity (Wildman–Crippen MR) is 98.1 cm³/mol. The van der Waals surface area contributed by atoms with Gasteiger partial charge in [0.15, 0.2) is 5.96 Å². The van der Waals surface area contributed by atoms with Gasteiger partial charge in [-0.25, -0.2) is 0 Å². The SMILES string of the molecule is CN=C(NCCCn1cccn1)N1CC(C)CC(C)C1.I. The Hall–Kier alpha value is -0.790. The molecule has 0 bridgehead atoms. The molecule has 1 aromatic rings. The van der Waals surface area contributed by atoms with Gasteiger partial charge in [0.1, 0.15) is 0 Å².